The van der Waals surface area contributed by atoms with E-state index in [1.807, 2.05) is 60.7 Å². The summed E-state index contributed by atoms with van der Waals surface area (Å²) in [6, 6.07) is 63.1. The molecule has 0 aliphatic heterocycles. The largest absolute Gasteiger partial charge is 0.208 e. The van der Waals surface area contributed by atoms with Crippen LogP contribution in [0.25, 0.3) is 67.5 Å². The van der Waals surface area contributed by atoms with Gasteiger partial charge in [-0.05, 0) is 75.2 Å². The van der Waals surface area contributed by atoms with Crippen molar-refractivity contribution < 1.29 is 0 Å². The van der Waals surface area contributed by atoms with Gasteiger partial charge in [0.1, 0.15) is 0 Å². The third kappa shape index (κ3) is 5.99. The van der Waals surface area contributed by atoms with Gasteiger partial charge in [0, 0.05) is 22.1 Å². The van der Waals surface area contributed by atoms with Crippen molar-refractivity contribution in [3.63, 3.8) is 0 Å². The fourth-order valence-corrected chi connectivity index (χ4v) is 9.09. The Morgan fingerprint density at radius 1 is 0.370 bits per heavy atom. The van der Waals surface area contributed by atoms with Crippen molar-refractivity contribution >= 4 is 13.3 Å². The number of aromatic nitrogens is 3. The van der Waals surface area contributed by atoms with Crippen molar-refractivity contribution in [3.8, 4) is 67.5 Å². The van der Waals surface area contributed by atoms with Gasteiger partial charge >= 0.3 is 0 Å². The van der Waals surface area contributed by atoms with Crippen LogP contribution >= 0.6 is 0 Å². The zero-order valence-electron chi connectivity index (χ0n) is 31.1. The lowest BCUT2D eigenvalue weighted by Gasteiger charge is -2.30. The Balaban J connectivity index is 1.10. The smallest absolute Gasteiger partial charge is 0.164 e. The van der Waals surface area contributed by atoms with Gasteiger partial charge in [-0.3, -0.25) is 0 Å². The van der Waals surface area contributed by atoms with Gasteiger partial charge in [-0.25, -0.2) is 15.0 Å². The second-order valence-electron chi connectivity index (χ2n) is 15.5. The number of rotatable bonds is 7. The second-order valence-corrected chi connectivity index (χ2v) is 20.5. The second kappa shape index (κ2) is 13.3. The molecule has 0 N–H and O–H groups in total. The summed E-state index contributed by atoms with van der Waals surface area (Å²) >= 11 is 0. The van der Waals surface area contributed by atoms with Gasteiger partial charge < -0.3 is 0 Å². The molecule has 0 bridgehead atoms. The minimum Gasteiger partial charge on any atom is -0.208 e. The fourth-order valence-electron chi connectivity index (χ4n) is 7.93. The maximum absolute atomic E-state index is 4.98. The molecule has 1 aliphatic rings. The van der Waals surface area contributed by atoms with Gasteiger partial charge in [-0.2, -0.15) is 0 Å². The van der Waals surface area contributed by atoms with Crippen LogP contribution < -0.4 is 5.19 Å². The first-order valence-electron chi connectivity index (χ1n) is 18.7. The summed E-state index contributed by atoms with van der Waals surface area (Å²) in [5.74, 6) is 1.96. The first kappa shape index (κ1) is 33.6. The maximum atomic E-state index is 4.98. The molecule has 1 heterocycles. The molecule has 3 nitrogen and oxygen atoms in total. The van der Waals surface area contributed by atoms with Crippen LogP contribution in [-0.4, -0.2) is 23.0 Å². The highest BCUT2D eigenvalue weighted by atomic mass is 28.3. The van der Waals surface area contributed by atoms with E-state index in [9.17, 15) is 0 Å². The molecule has 0 radical (unpaired) electrons. The number of hydrogen-bond donors (Lipinski definition) is 0. The van der Waals surface area contributed by atoms with Gasteiger partial charge in [-0.1, -0.05) is 183 Å². The number of fused-ring (bicyclic) bond motifs is 3. The van der Waals surface area contributed by atoms with E-state index in [4.69, 9.17) is 15.0 Å². The van der Waals surface area contributed by atoms with E-state index in [1.54, 1.807) is 0 Å². The molecule has 1 unspecified atom stereocenters. The van der Waals surface area contributed by atoms with Crippen LogP contribution in [0.1, 0.15) is 23.6 Å². The van der Waals surface area contributed by atoms with Crippen LogP contribution in [0.3, 0.4) is 0 Å². The molecule has 1 aliphatic carbocycles. The Morgan fingerprint density at radius 2 is 0.815 bits per heavy atom. The first-order valence-corrected chi connectivity index (χ1v) is 22.2. The molecule has 0 saturated carbocycles. The molecule has 54 heavy (non-hydrogen) atoms. The predicted molar refractivity (Wildman–Crippen MR) is 227 cm³/mol. The van der Waals surface area contributed by atoms with Crippen molar-refractivity contribution in [1.82, 2.24) is 15.0 Å². The standard InChI is InChI=1S/C50H41N3Si/c1-50(45-27-12-11-26-43(45)44-29-28-42(33-46(44)50)54(2,3)4)41-25-15-23-39(32-41)37-21-13-20-36(30-37)38-22-14-24-40(31-38)49-52-47(34-16-7-5-8-17-34)51-48(53-49)35-18-9-6-10-19-35/h5-33H,1-4H3. The SMILES string of the molecule is CC1(c2cccc(-c3cccc(-c4cccc(-c5nc(-c6ccccc6)nc(-c6ccccc6)n5)c4)c3)c2)c2ccccc2-c2ccc([Si](C)(C)C)cc21. The average molecular weight is 712 g/mol. The molecule has 7 aromatic carbocycles. The molecule has 1 atom stereocenters. The third-order valence-corrected chi connectivity index (χ3v) is 13.0. The highest BCUT2D eigenvalue weighted by Crippen LogP contribution is 2.52. The van der Waals surface area contributed by atoms with Crippen LogP contribution in [0.4, 0.5) is 0 Å². The van der Waals surface area contributed by atoms with Crippen LogP contribution in [-0.2, 0) is 5.41 Å². The van der Waals surface area contributed by atoms with Gasteiger partial charge in [0.25, 0.3) is 0 Å². The molecule has 0 spiro atoms. The van der Waals surface area contributed by atoms with Gasteiger partial charge in [0.05, 0.1) is 8.07 Å². The zero-order chi connectivity index (χ0) is 36.9. The zero-order valence-corrected chi connectivity index (χ0v) is 32.1. The first-order chi connectivity index (χ1) is 26.3. The molecule has 8 aromatic rings. The number of hydrogen-bond acceptors (Lipinski definition) is 3. The molecule has 1 aromatic heterocycles. The van der Waals surface area contributed by atoms with E-state index in [0.717, 1.165) is 27.8 Å². The van der Waals surface area contributed by atoms with Crippen LogP contribution in [0.5, 0.6) is 0 Å². The molecular weight excluding hydrogens is 671 g/mol. The quantitative estimate of drug-likeness (QED) is 0.155. The lowest BCUT2D eigenvalue weighted by atomic mass is 9.73. The minimum absolute atomic E-state index is 0.259. The summed E-state index contributed by atoms with van der Waals surface area (Å²) in [7, 11) is -1.52. The van der Waals surface area contributed by atoms with Crippen molar-refractivity contribution in [1.29, 1.82) is 0 Å². The van der Waals surface area contributed by atoms with Crippen LogP contribution in [0, 0.1) is 0 Å². The molecular formula is C50H41N3Si. The van der Waals surface area contributed by atoms with E-state index in [2.05, 4.69) is 142 Å². The summed E-state index contributed by atoms with van der Waals surface area (Å²) in [6.07, 6.45) is 0. The van der Waals surface area contributed by atoms with Crippen molar-refractivity contribution in [2.45, 2.75) is 32.0 Å². The third-order valence-electron chi connectivity index (χ3n) is 11.0. The van der Waals surface area contributed by atoms with Crippen molar-refractivity contribution in [2.75, 3.05) is 0 Å². The summed E-state index contributed by atoms with van der Waals surface area (Å²) in [5, 5.41) is 1.50. The van der Waals surface area contributed by atoms with E-state index in [-0.39, 0.29) is 5.41 Å². The van der Waals surface area contributed by atoms with E-state index in [1.165, 1.54) is 44.1 Å². The summed E-state index contributed by atoms with van der Waals surface area (Å²) in [6.45, 7) is 9.72. The molecule has 9 rings (SSSR count). The monoisotopic (exact) mass is 711 g/mol. The topological polar surface area (TPSA) is 38.7 Å². The normalized spacial score (nSPS) is 14.7. The summed E-state index contributed by atoms with van der Waals surface area (Å²) < 4.78 is 0. The summed E-state index contributed by atoms with van der Waals surface area (Å²) in [4.78, 5) is 14.9. The molecule has 0 fully saturated rings. The molecule has 4 heteroatoms. The Kier molecular flexibility index (Phi) is 8.28. The lowest BCUT2D eigenvalue weighted by Crippen LogP contribution is -2.38. The number of benzene rings is 7. The van der Waals surface area contributed by atoms with Crippen LogP contribution in [0.2, 0.25) is 19.6 Å². The highest BCUT2D eigenvalue weighted by Gasteiger charge is 2.41. The number of nitrogens with zero attached hydrogens (tertiary/aromatic N) is 3. The summed E-state index contributed by atoms with van der Waals surface area (Å²) in [5.41, 5.74) is 14.0. The van der Waals surface area contributed by atoms with Gasteiger partial charge in [-0.15, -0.1) is 0 Å². The van der Waals surface area contributed by atoms with E-state index < -0.39 is 8.07 Å². The van der Waals surface area contributed by atoms with Gasteiger partial charge in [0.2, 0.25) is 0 Å². The average Bonchev–Trinajstić information content (AvgIpc) is 3.49. The maximum Gasteiger partial charge on any atom is 0.164 e. The molecule has 0 saturated heterocycles. The van der Waals surface area contributed by atoms with Gasteiger partial charge in [0.15, 0.2) is 17.5 Å². The minimum atomic E-state index is -1.52. The Morgan fingerprint density at radius 3 is 1.41 bits per heavy atom. The van der Waals surface area contributed by atoms with E-state index >= 15 is 0 Å². The Hall–Kier alpha value is -6.23. The molecule has 260 valence electrons. The Bertz CT molecular complexity index is 2600. The van der Waals surface area contributed by atoms with Crippen molar-refractivity contribution in [2.24, 2.45) is 0 Å². The van der Waals surface area contributed by atoms with Crippen LogP contribution in [0.15, 0.2) is 176 Å². The Labute approximate surface area is 319 Å². The van der Waals surface area contributed by atoms with Crippen molar-refractivity contribution in [3.05, 3.63) is 193 Å². The molecule has 0 amide bonds. The highest BCUT2D eigenvalue weighted by molar-refractivity contribution is 6.88. The fraction of sp³-hybridized carbons (Fsp3) is 0.100. The van der Waals surface area contributed by atoms with E-state index in [0.29, 0.717) is 17.5 Å². The predicted octanol–water partition coefficient (Wildman–Crippen LogP) is 12.1. The lowest BCUT2D eigenvalue weighted by molar-refractivity contribution is 0.715.